The summed E-state index contributed by atoms with van der Waals surface area (Å²) in [6, 6.07) is 0. The Balaban J connectivity index is 2.52. The highest BCUT2D eigenvalue weighted by Crippen LogP contribution is 2.23. The summed E-state index contributed by atoms with van der Waals surface area (Å²) in [7, 11) is 0. The van der Waals surface area contributed by atoms with Gasteiger partial charge >= 0.3 is 5.97 Å². The van der Waals surface area contributed by atoms with Gasteiger partial charge in [0.2, 0.25) is 5.91 Å². The first-order valence-electron chi connectivity index (χ1n) is 6.80. The molecule has 0 aromatic carbocycles. The maximum Gasteiger partial charge on any atom is 0.309 e. The third-order valence-electron chi connectivity index (χ3n) is 3.75. The van der Waals surface area contributed by atoms with Crippen LogP contribution >= 0.6 is 0 Å². The zero-order chi connectivity index (χ0) is 14.8. The number of rotatable bonds is 3. The second-order valence-corrected chi connectivity index (χ2v) is 6.90. The number of carboxylic acid groups (broad SMARTS) is 1. The van der Waals surface area contributed by atoms with Crippen molar-refractivity contribution in [2.75, 3.05) is 26.2 Å². The van der Waals surface area contributed by atoms with Crippen molar-refractivity contribution >= 4 is 11.9 Å². The Labute approximate surface area is 115 Å². The van der Waals surface area contributed by atoms with E-state index < -0.39 is 11.4 Å². The van der Waals surface area contributed by atoms with Crippen molar-refractivity contribution in [3.63, 3.8) is 0 Å². The molecule has 0 radical (unpaired) electrons. The number of amides is 1. The zero-order valence-corrected chi connectivity index (χ0v) is 12.7. The van der Waals surface area contributed by atoms with E-state index >= 15 is 0 Å². The summed E-state index contributed by atoms with van der Waals surface area (Å²) in [6.45, 7) is 12.8. The van der Waals surface area contributed by atoms with Crippen LogP contribution in [0.25, 0.3) is 0 Å². The number of carboxylic acids is 1. The van der Waals surface area contributed by atoms with Crippen molar-refractivity contribution in [2.45, 2.75) is 46.6 Å². The Morgan fingerprint density at radius 1 is 1.00 bits per heavy atom. The van der Waals surface area contributed by atoms with E-state index in [-0.39, 0.29) is 17.9 Å². The maximum atomic E-state index is 12.1. The van der Waals surface area contributed by atoms with Crippen LogP contribution in [0, 0.1) is 5.41 Å². The molecule has 1 heterocycles. The van der Waals surface area contributed by atoms with Crippen molar-refractivity contribution in [2.24, 2.45) is 5.41 Å². The van der Waals surface area contributed by atoms with Gasteiger partial charge in [-0.15, -0.1) is 0 Å². The summed E-state index contributed by atoms with van der Waals surface area (Å²) in [4.78, 5) is 27.3. The Morgan fingerprint density at radius 2 is 1.47 bits per heavy atom. The summed E-state index contributed by atoms with van der Waals surface area (Å²) >= 11 is 0. The highest BCUT2D eigenvalue weighted by Gasteiger charge is 2.34. The molecule has 0 aromatic heterocycles. The molecule has 0 aliphatic carbocycles. The third kappa shape index (κ3) is 4.20. The summed E-state index contributed by atoms with van der Waals surface area (Å²) in [5.41, 5.74) is -0.867. The molecule has 1 aliphatic rings. The van der Waals surface area contributed by atoms with Crippen LogP contribution in [0.4, 0.5) is 0 Å². The molecule has 5 nitrogen and oxygen atoms in total. The molecule has 0 aromatic rings. The third-order valence-corrected chi connectivity index (χ3v) is 3.75. The lowest BCUT2D eigenvalue weighted by Crippen LogP contribution is -2.55. The fourth-order valence-electron chi connectivity index (χ4n) is 2.19. The largest absolute Gasteiger partial charge is 0.481 e. The van der Waals surface area contributed by atoms with E-state index in [0.29, 0.717) is 13.1 Å². The van der Waals surface area contributed by atoms with E-state index in [0.717, 1.165) is 13.1 Å². The average Bonchev–Trinajstić information content (AvgIpc) is 2.27. The van der Waals surface area contributed by atoms with Gasteiger partial charge in [0.1, 0.15) is 0 Å². The molecule has 1 saturated heterocycles. The Bertz CT molecular complexity index is 350. The Hall–Kier alpha value is -1.10. The smallest absolute Gasteiger partial charge is 0.309 e. The average molecular weight is 270 g/mol. The van der Waals surface area contributed by atoms with Crippen molar-refractivity contribution in [1.82, 2.24) is 9.80 Å². The van der Waals surface area contributed by atoms with Crippen molar-refractivity contribution < 1.29 is 14.7 Å². The van der Waals surface area contributed by atoms with Gasteiger partial charge < -0.3 is 10.0 Å². The molecule has 0 unspecified atom stereocenters. The van der Waals surface area contributed by atoms with Gasteiger partial charge in [0.05, 0.1) is 5.41 Å². The molecule has 1 aliphatic heterocycles. The summed E-state index contributed by atoms with van der Waals surface area (Å²) in [5, 5.41) is 9.06. The number of aliphatic carboxylic acids is 1. The lowest BCUT2D eigenvalue weighted by Gasteiger charge is -2.42. The Morgan fingerprint density at radius 3 is 1.84 bits per heavy atom. The molecule has 5 heteroatoms. The van der Waals surface area contributed by atoms with E-state index in [1.165, 1.54) is 0 Å². The molecule has 19 heavy (non-hydrogen) atoms. The molecule has 0 atom stereocenters. The van der Waals surface area contributed by atoms with Gasteiger partial charge in [0, 0.05) is 38.1 Å². The van der Waals surface area contributed by atoms with Gasteiger partial charge in [-0.3, -0.25) is 14.5 Å². The van der Waals surface area contributed by atoms with Crippen LogP contribution in [-0.2, 0) is 9.59 Å². The van der Waals surface area contributed by atoms with Gasteiger partial charge in [-0.1, -0.05) is 0 Å². The number of piperazine rings is 1. The molecule has 110 valence electrons. The SMILES string of the molecule is CC(C)(CC(=O)N1CCN(C(C)(C)C)CC1)C(=O)O. The van der Waals surface area contributed by atoms with Crippen LogP contribution in [0.15, 0.2) is 0 Å². The van der Waals surface area contributed by atoms with Crippen LogP contribution in [0.3, 0.4) is 0 Å². The van der Waals surface area contributed by atoms with E-state index in [1.54, 1.807) is 18.7 Å². The highest BCUT2D eigenvalue weighted by atomic mass is 16.4. The number of carbonyl (C=O) groups is 2. The monoisotopic (exact) mass is 270 g/mol. The van der Waals surface area contributed by atoms with Gasteiger partial charge in [0.25, 0.3) is 0 Å². The van der Waals surface area contributed by atoms with Gasteiger partial charge in [0.15, 0.2) is 0 Å². The van der Waals surface area contributed by atoms with Crippen LogP contribution in [0.1, 0.15) is 41.0 Å². The molecule has 0 spiro atoms. The second-order valence-electron chi connectivity index (χ2n) is 6.90. The summed E-state index contributed by atoms with van der Waals surface area (Å²) in [6.07, 6.45) is 0.0673. The van der Waals surface area contributed by atoms with Gasteiger partial charge in [-0.2, -0.15) is 0 Å². The summed E-state index contributed by atoms with van der Waals surface area (Å²) in [5.74, 6) is -0.977. The van der Waals surface area contributed by atoms with Crippen molar-refractivity contribution in [1.29, 1.82) is 0 Å². The van der Waals surface area contributed by atoms with Crippen molar-refractivity contribution in [3.05, 3.63) is 0 Å². The van der Waals surface area contributed by atoms with E-state index in [1.807, 2.05) is 0 Å². The normalized spacial score (nSPS) is 18.5. The van der Waals surface area contributed by atoms with Crippen LogP contribution in [-0.4, -0.2) is 58.5 Å². The van der Waals surface area contributed by atoms with Crippen molar-refractivity contribution in [3.8, 4) is 0 Å². The lowest BCUT2D eigenvalue weighted by molar-refractivity contribution is -0.152. The summed E-state index contributed by atoms with van der Waals surface area (Å²) < 4.78 is 0. The standard InChI is InChI=1S/C14H26N2O3/c1-13(2,3)16-8-6-15(7-9-16)11(17)10-14(4,5)12(18)19/h6-10H2,1-5H3,(H,18,19). The predicted octanol–water partition coefficient (Wildman–Crippen LogP) is 1.43. The second kappa shape index (κ2) is 5.49. The van der Waals surface area contributed by atoms with E-state index in [4.69, 9.17) is 5.11 Å². The molecular weight excluding hydrogens is 244 g/mol. The highest BCUT2D eigenvalue weighted by molar-refractivity contribution is 5.84. The number of hydrogen-bond donors (Lipinski definition) is 1. The molecule has 1 rings (SSSR count). The van der Waals surface area contributed by atoms with Gasteiger partial charge in [-0.25, -0.2) is 0 Å². The minimum atomic E-state index is -0.988. The van der Waals surface area contributed by atoms with Crippen LogP contribution < -0.4 is 0 Å². The predicted molar refractivity (Wildman–Crippen MR) is 73.9 cm³/mol. The first kappa shape index (κ1) is 16.0. The molecule has 1 fully saturated rings. The molecule has 0 saturated carbocycles. The van der Waals surface area contributed by atoms with Crippen LogP contribution in [0.5, 0.6) is 0 Å². The quantitative estimate of drug-likeness (QED) is 0.843. The lowest BCUT2D eigenvalue weighted by atomic mass is 9.89. The zero-order valence-electron chi connectivity index (χ0n) is 12.7. The van der Waals surface area contributed by atoms with E-state index in [2.05, 4.69) is 25.7 Å². The molecular formula is C14H26N2O3. The molecule has 1 amide bonds. The van der Waals surface area contributed by atoms with E-state index in [9.17, 15) is 9.59 Å². The topological polar surface area (TPSA) is 60.9 Å². The number of hydrogen-bond acceptors (Lipinski definition) is 3. The first-order valence-corrected chi connectivity index (χ1v) is 6.80. The number of carbonyl (C=O) groups excluding carboxylic acids is 1. The molecule has 1 N–H and O–H groups in total. The van der Waals surface area contributed by atoms with Gasteiger partial charge in [-0.05, 0) is 34.6 Å². The number of nitrogens with zero attached hydrogens (tertiary/aromatic N) is 2. The Kier molecular flexibility index (Phi) is 4.61. The minimum absolute atomic E-state index is 0.0547. The maximum absolute atomic E-state index is 12.1. The fourth-order valence-corrected chi connectivity index (χ4v) is 2.19. The first-order chi connectivity index (χ1) is 8.54. The fraction of sp³-hybridized carbons (Fsp3) is 0.857. The van der Waals surface area contributed by atoms with Crippen LogP contribution in [0.2, 0.25) is 0 Å². The minimum Gasteiger partial charge on any atom is -0.481 e. The molecule has 0 bridgehead atoms.